The SMILES string of the molecule is COC(=O)C1CC(CCCNc2ccccn2)C1. The lowest BCUT2D eigenvalue weighted by Crippen LogP contribution is -2.31. The summed E-state index contributed by atoms with van der Waals surface area (Å²) in [5.41, 5.74) is 0. The topological polar surface area (TPSA) is 51.2 Å². The van der Waals surface area contributed by atoms with E-state index >= 15 is 0 Å². The zero-order chi connectivity index (χ0) is 12.8. The molecule has 0 aliphatic heterocycles. The van der Waals surface area contributed by atoms with Crippen LogP contribution >= 0.6 is 0 Å². The van der Waals surface area contributed by atoms with Crippen LogP contribution in [0.5, 0.6) is 0 Å². The molecular formula is C14H20N2O2. The molecule has 0 bridgehead atoms. The van der Waals surface area contributed by atoms with Crippen molar-refractivity contribution in [1.29, 1.82) is 0 Å². The average molecular weight is 248 g/mol. The molecular weight excluding hydrogens is 228 g/mol. The largest absolute Gasteiger partial charge is 0.469 e. The average Bonchev–Trinajstić information content (AvgIpc) is 2.37. The van der Waals surface area contributed by atoms with Gasteiger partial charge in [0.2, 0.25) is 0 Å². The third kappa shape index (κ3) is 3.45. The van der Waals surface area contributed by atoms with Crippen LogP contribution < -0.4 is 5.32 Å². The Morgan fingerprint density at radius 1 is 1.50 bits per heavy atom. The van der Waals surface area contributed by atoms with E-state index in [1.54, 1.807) is 6.20 Å². The molecule has 1 aromatic rings. The maximum Gasteiger partial charge on any atom is 0.308 e. The second-order valence-electron chi connectivity index (χ2n) is 4.84. The number of carbonyl (C=O) groups is 1. The number of carbonyl (C=O) groups excluding carboxylic acids is 1. The van der Waals surface area contributed by atoms with Gasteiger partial charge in [-0.2, -0.15) is 0 Å². The van der Waals surface area contributed by atoms with Crippen LogP contribution in [-0.2, 0) is 9.53 Å². The summed E-state index contributed by atoms with van der Waals surface area (Å²) in [4.78, 5) is 15.4. The van der Waals surface area contributed by atoms with Gasteiger partial charge >= 0.3 is 5.97 Å². The Balaban J connectivity index is 1.54. The first-order valence-electron chi connectivity index (χ1n) is 6.52. The number of pyridine rings is 1. The first-order valence-corrected chi connectivity index (χ1v) is 6.52. The van der Waals surface area contributed by atoms with E-state index in [-0.39, 0.29) is 11.9 Å². The van der Waals surface area contributed by atoms with E-state index in [9.17, 15) is 4.79 Å². The third-order valence-electron chi connectivity index (χ3n) is 3.53. The van der Waals surface area contributed by atoms with Crippen LogP contribution in [0.4, 0.5) is 5.82 Å². The lowest BCUT2D eigenvalue weighted by molar-refractivity contribution is -0.150. The number of aromatic nitrogens is 1. The predicted molar refractivity (Wildman–Crippen MR) is 70.2 cm³/mol. The fourth-order valence-electron chi connectivity index (χ4n) is 2.41. The zero-order valence-corrected chi connectivity index (χ0v) is 10.8. The Hall–Kier alpha value is -1.58. The molecule has 1 N–H and O–H groups in total. The highest BCUT2D eigenvalue weighted by atomic mass is 16.5. The van der Waals surface area contributed by atoms with Gasteiger partial charge in [-0.1, -0.05) is 6.07 Å². The molecule has 1 saturated carbocycles. The van der Waals surface area contributed by atoms with Crippen LogP contribution in [0.2, 0.25) is 0 Å². The molecule has 0 aromatic carbocycles. The standard InChI is InChI=1S/C14H20N2O2/c1-18-14(17)12-9-11(10-12)5-4-8-16-13-6-2-3-7-15-13/h2-3,6-7,11-12H,4-5,8-10H2,1H3,(H,15,16). The molecule has 0 amide bonds. The number of rotatable bonds is 6. The number of hydrogen-bond donors (Lipinski definition) is 1. The van der Waals surface area contributed by atoms with Crippen molar-refractivity contribution >= 4 is 11.8 Å². The molecule has 0 radical (unpaired) electrons. The van der Waals surface area contributed by atoms with Crippen LogP contribution in [0.25, 0.3) is 0 Å². The highest BCUT2D eigenvalue weighted by Crippen LogP contribution is 2.37. The van der Waals surface area contributed by atoms with Gasteiger partial charge in [-0.25, -0.2) is 4.98 Å². The van der Waals surface area contributed by atoms with Crippen molar-refractivity contribution in [2.24, 2.45) is 11.8 Å². The number of hydrogen-bond acceptors (Lipinski definition) is 4. The summed E-state index contributed by atoms with van der Waals surface area (Å²) in [6.45, 7) is 0.941. The van der Waals surface area contributed by atoms with Gasteiger partial charge < -0.3 is 10.1 Å². The molecule has 98 valence electrons. The van der Waals surface area contributed by atoms with Gasteiger partial charge in [0.25, 0.3) is 0 Å². The van der Waals surface area contributed by atoms with E-state index in [1.165, 1.54) is 13.5 Å². The Morgan fingerprint density at radius 2 is 2.33 bits per heavy atom. The van der Waals surface area contributed by atoms with E-state index in [0.29, 0.717) is 5.92 Å². The molecule has 1 aromatic heterocycles. The van der Waals surface area contributed by atoms with Crippen molar-refractivity contribution in [3.63, 3.8) is 0 Å². The third-order valence-corrected chi connectivity index (χ3v) is 3.53. The van der Waals surface area contributed by atoms with Crippen molar-refractivity contribution in [3.8, 4) is 0 Å². The van der Waals surface area contributed by atoms with Gasteiger partial charge in [-0.15, -0.1) is 0 Å². The molecule has 1 heterocycles. The highest BCUT2D eigenvalue weighted by Gasteiger charge is 2.34. The second kappa shape index (κ2) is 6.38. The van der Waals surface area contributed by atoms with E-state index in [4.69, 9.17) is 4.74 Å². The molecule has 1 aliphatic carbocycles. The van der Waals surface area contributed by atoms with Crippen LogP contribution in [0, 0.1) is 11.8 Å². The number of anilines is 1. The van der Waals surface area contributed by atoms with Gasteiger partial charge in [0.05, 0.1) is 13.0 Å². The maximum absolute atomic E-state index is 11.2. The summed E-state index contributed by atoms with van der Waals surface area (Å²) >= 11 is 0. The Bertz CT molecular complexity index is 375. The van der Waals surface area contributed by atoms with E-state index in [1.807, 2.05) is 18.2 Å². The number of nitrogens with one attached hydrogen (secondary N) is 1. The van der Waals surface area contributed by atoms with Crippen molar-refractivity contribution in [1.82, 2.24) is 4.98 Å². The van der Waals surface area contributed by atoms with E-state index < -0.39 is 0 Å². The minimum atomic E-state index is -0.0436. The second-order valence-corrected chi connectivity index (χ2v) is 4.84. The van der Waals surface area contributed by atoms with Gasteiger partial charge in [-0.3, -0.25) is 4.79 Å². The highest BCUT2D eigenvalue weighted by molar-refractivity contribution is 5.73. The van der Waals surface area contributed by atoms with Crippen LogP contribution in [-0.4, -0.2) is 24.6 Å². The van der Waals surface area contributed by atoms with E-state index in [2.05, 4.69) is 10.3 Å². The van der Waals surface area contributed by atoms with Crippen LogP contribution in [0.3, 0.4) is 0 Å². The normalized spacial score (nSPS) is 22.1. The molecule has 18 heavy (non-hydrogen) atoms. The lowest BCUT2D eigenvalue weighted by Gasteiger charge is -2.33. The van der Waals surface area contributed by atoms with Crippen molar-refractivity contribution in [2.45, 2.75) is 25.7 Å². The van der Waals surface area contributed by atoms with Crippen molar-refractivity contribution in [2.75, 3.05) is 19.0 Å². The lowest BCUT2D eigenvalue weighted by atomic mass is 9.73. The summed E-state index contributed by atoms with van der Waals surface area (Å²) in [7, 11) is 1.46. The summed E-state index contributed by atoms with van der Waals surface area (Å²) in [5, 5.41) is 3.29. The quantitative estimate of drug-likeness (QED) is 0.620. The summed E-state index contributed by atoms with van der Waals surface area (Å²) in [6, 6.07) is 5.85. The number of esters is 1. The number of nitrogens with zero attached hydrogens (tertiary/aromatic N) is 1. The minimum absolute atomic E-state index is 0.0436. The van der Waals surface area contributed by atoms with Crippen LogP contribution in [0.1, 0.15) is 25.7 Å². The van der Waals surface area contributed by atoms with Crippen molar-refractivity contribution < 1.29 is 9.53 Å². The summed E-state index contributed by atoms with van der Waals surface area (Å²) in [6.07, 6.45) is 6.07. The van der Waals surface area contributed by atoms with Gasteiger partial charge in [0.15, 0.2) is 0 Å². The predicted octanol–water partition coefficient (Wildman–Crippen LogP) is 2.47. The first-order chi connectivity index (χ1) is 8.79. The molecule has 2 rings (SSSR count). The molecule has 0 atom stereocenters. The summed E-state index contributed by atoms with van der Waals surface area (Å²) < 4.78 is 4.73. The fraction of sp³-hybridized carbons (Fsp3) is 0.571. The molecule has 4 heteroatoms. The smallest absolute Gasteiger partial charge is 0.308 e. The molecule has 0 unspecified atom stereocenters. The molecule has 1 fully saturated rings. The van der Waals surface area contributed by atoms with Gasteiger partial charge in [0.1, 0.15) is 5.82 Å². The Labute approximate surface area is 108 Å². The first kappa shape index (κ1) is 12.9. The molecule has 4 nitrogen and oxygen atoms in total. The Kier molecular flexibility index (Phi) is 4.56. The molecule has 0 spiro atoms. The van der Waals surface area contributed by atoms with E-state index in [0.717, 1.165) is 31.6 Å². The number of ether oxygens (including phenoxy) is 1. The maximum atomic E-state index is 11.2. The molecule has 0 saturated heterocycles. The molecule has 1 aliphatic rings. The summed E-state index contributed by atoms with van der Waals surface area (Å²) in [5.74, 6) is 1.74. The zero-order valence-electron chi connectivity index (χ0n) is 10.8. The fourth-order valence-corrected chi connectivity index (χ4v) is 2.41. The minimum Gasteiger partial charge on any atom is -0.469 e. The monoisotopic (exact) mass is 248 g/mol. The van der Waals surface area contributed by atoms with Crippen LogP contribution in [0.15, 0.2) is 24.4 Å². The van der Waals surface area contributed by atoms with Crippen molar-refractivity contribution in [3.05, 3.63) is 24.4 Å². The Morgan fingerprint density at radius 3 is 3.00 bits per heavy atom. The van der Waals surface area contributed by atoms with Gasteiger partial charge in [0, 0.05) is 12.7 Å². The van der Waals surface area contributed by atoms with Gasteiger partial charge in [-0.05, 0) is 43.7 Å². The number of methoxy groups -OCH3 is 1.